The van der Waals surface area contributed by atoms with Gasteiger partial charge < -0.3 is 5.32 Å². The van der Waals surface area contributed by atoms with E-state index in [-0.39, 0.29) is 17.7 Å². The molecule has 1 atom stereocenters. The number of nitrogens with one attached hydrogen (secondary N) is 1. The first kappa shape index (κ1) is 16.6. The molecule has 21 heavy (non-hydrogen) atoms. The van der Waals surface area contributed by atoms with Crippen molar-refractivity contribution < 1.29 is 8.78 Å². The zero-order valence-corrected chi connectivity index (χ0v) is 14.6. The molecule has 112 valence electrons. The molecule has 0 saturated carbocycles. The Balaban J connectivity index is 2.25. The lowest BCUT2D eigenvalue weighted by Crippen LogP contribution is -2.23. The van der Waals surface area contributed by atoms with Crippen molar-refractivity contribution in [1.29, 1.82) is 0 Å². The molecule has 0 spiro atoms. The molecular weight excluding hydrogens is 404 g/mol. The van der Waals surface area contributed by atoms with E-state index in [2.05, 4.69) is 37.2 Å². The van der Waals surface area contributed by atoms with Crippen LogP contribution in [0.25, 0.3) is 0 Å². The van der Waals surface area contributed by atoms with Gasteiger partial charge >= 0.3 is 0 Å². The number of hydrogen-bond donors (Lipinski definition) is 1. The molecule has 2 aromatic carbocycles. The number of halogens is 4. The van der Waals surface area contributed by atoms with Crippen LogP contribution in [0, 0.1) is 11.6 Å². The molecule has 0 aliphatic carbocycles. The summed E-state index contributed by atoms with van der Waals surface area (Å²) < 4.78 is 27.9. The maximum atomic E-state index is 13.7. The fourth-order valence-electron chi connectivity index (χ4n) is 2.19. The van der Waals surface area contributed by atoms with Gasteiger partial charge in [-0.3, -0.25) is 0 Å². The summed E-state index contributed by atoms with van der Waals surface area (Å²) in [5, 5.41) is 3.34. The lowest BCUT2D eigenvalue weighted by atomic mass is 9.98. The van der Waals surface area contributed by atoms with Crippen molar-refractivity contribution in [2.45, 2.75) is 19.4 Å². The van der Waals surface area contributed by atoms with Crippen molar-refractivity contribution in [3.63, 3.8) is 0 Å². The van der Waals surface area contributed by atoms with Crippen LogP contribution in [0.15, 0.2) is 45.3 Å². The van der Waals surface area contributed by atoms with Gasteiger partial charge in [-0.15, -0.1) is 0 Å². The Labute approximate surface area is 140 Å². The van der Waals surface area contributed by atoms with Gasteiger partial charge in [0, 0.05) is 6.04 Å². The van der Waals surface area contributed by atoms with E-state index in [0.29, 0.717) is 15.4 Å². The van der Waals surface area contributed by atoms with Crippen LogP contribution in [0.5, 0.6) is 0 Å². The predicted molar refractivity (Wildman–Crippen MR) is 88.3 cm³/mol. The molecule has 0 aromatic heterocycles. The van der Waals surface area contributed by atoms with E-state index >= 15 is 0 Å². The van der Waals surface area contributed by atoms with Crippen molar-refractivity contribution in [2.75, 3.05) is 6.54 Å². The summed E-state index contributed by atoms with van der Waals surface area (Å²) in [6.07, 6.45) is 0.661. The monoisotopic (exact) mass is 417 g/mol. The molecular formula is C16H15Br2F2N. The van der Waals surface area contributed by atoms with Gasteiger partial charge in [0.05, 0.1) is 8.95 Å². The van der Waals surface area contributed by atoms with Gasteiger partial charge in [0.15, 0.2) is 0 Å². The highest BCUT2D eigenvalue weighted by Gasteiger charge is 2.14. The average molecular weight is 419 g/mol. The largest absolute Gasteiger partial charge is 0.310 e. The summed E-state index contributed by atoms with van der Waals surface area (Å²) in [5.74, 6) is -0.566. The molecule has 0 saturated heterocycles. The zero-order valence-electron chi connectivity index (χ0n) is 11.5. The molecule has 0 aliphatic rings. The lowest BCUT2D eigenvalue weighted by Gasteiger charge is -2.19. The normalized spacial score (nSPS) is 12.4. The maximum absolute atomic E-state index is 13.7. The van der Waals surface area contributed by atoms with Crippen LogP contribution in [0.3, 0.4) is 0 Å². The second kappa shape index (κ2) is 7.47. The Bertz CT molecular complexity index is 632. The van der Waals surface area contributed by atoms with Crippen LogP contribution >= 0.6 is 31.9 Å². The maximum Gasteiger partial charge on any atom is 0.137 e. The zero-order chi connectivity index (χ0) is 15.4. The van der Waals surface area contributed by atoms with Crippen LogP contribution in [-0.4, -0.2) is 6.54 Å². The smallest absolute Gasteiger partial charge is 0.137 e. The van der Waals surface area contributed by atoms with Crippen LogP contribution in [-0.2, 0) is 6.42 Å². The molecule has 2 aromatic rings. The van der Waals surface area contributed by atoms with E-state index in [1.807, 2.05) is 13.0 Å². The first-order chi connectivity index (χ1) is 10.0. The Hall–Kier alpha value is -0.780. The summed E-state index contributed by atoms with van der Waals surface area (Å²) >= 11 is 6.35. The molecule has 0 bridgehead atoms. The molecule has 0 fully saturated rings. The topological polar surface area (TPSA) is 12.0 Å². The first-order valence-corrected chi connectivity index (χ1v) is 8.22. The van der Waals surface area contributed by atoms with Crippen molar-refractivity contribution in [3.8, 4) is 0 Å². The molecule has 2 rings (SSSR count). The van der Waals surface area contributed by atoms with E-state index in [4.69, 9.17) is 0 Å². The third-order valence-electron chi connectivity index (χ3n) is 3.22. The van der Waals surface area contributed by atoms with Gasteiger partial charge in [-0.2, -0.15) is 0 Å². The van der Waals surface area contributed by atoms with E-state index in [1.165, 1.54) is 12.1 Å². The molecule has 1 unspecified atom stereocenters. The summed E-state index contributed by atoms with van der Waals surface area (Å²) in [6.45, 7) is 2.77. The van der Waals surface area contributed by atoms with Crippen molar-refractivity contribution in [2.24, 2.45) is 0 Å². The number of hydrogen-bond acceptors (Lipinski definition) is 1. The standard InChI is InChI=1S/C16H15Br2F2N/c1-2-21-16(11-4-5-12(17)15(20)9-11)8-10-3-6-14(19)13(18)7-10/h3-7,9,16,21H,2,8H2,1H3. The Morgan fingerprint density at radius 1 is 1.00 bits per heavy atom. The second-order valence-electron chi connectivity index (χ2n) is 4.74. The quantitative estimate of drug-likeness (QED) is 0.686. The van der Waals surface area contributed by atoms with Crippen molar-refractivity contribution in [1.82, 2.24) is 5.32 Å². The highest BCUT2D eigenvalue weighted by molar-refractivity contribution is 9.10. The Morgan fingerprint density at radius 2 is 1.76 bits per heavy atom. The van der Waals surface area contributed by atoms with Crippen molar-refractivity contribution in [3.05, 3.63) is 68.1 Å². The predicted octanol–water partition coefficient (Wildman–Crippen LogP) is 5.38. The SMILES string of the molecule is CCNC(Cc1ccc(F)c(Br)c1)c1ccc(Br)c(F)c1. The fourth-order valence-corrected chi connectivity index (χ4v) is 2.86. The van der Waals surface area contributed by atoms with E-state index in [9.17, 15) is 8.78 Å². The van der Waals surface area contributed by atoms with Crippen LogP contribution in [0.4, 0.5) is 8.78 Å². The highest BCUT2D eigenvalue weighted by atomic mass is 79.9. The Morgan fingerprint density at radius 3 is 2.38 bits per heavy atom. The molecule has 0 heterocycles. The van der Waals surface area contributed by atoms with Crippen LogP contribution < -0.4 is 5.32 Å². The minimum absolute atomic E-state index is 0.0186. The third kappa shape index (κ3) is 4.34. The van der Waals surface area contributed by atoms with E-state index in [0.717, 1.165) is 17.7 Å². The Kier molecular flexibility index (Phi) is 5.90. The summed E-state index contributed by atoms with van der Waals surface area (Å²) in [6, 6.07) is 10.0. The molecule has 0 radical (unpaired) electrons. The highest BCUT2D eigenvalue weighted by Crippen LogP contribution is 2.25. The van der Waals surface area contributed by atoms with Gasteiger partial charge in [-0.25, -0.2) is 8.78 Å². The lowest BCUT2D eigenvalue weighted by molar-refractivity contribution is 0.540. The summed E-state index contributed by atoms with van der Waals surface area (Å²) in [7, 11) is 0. The van der Waals surface area contributed by atoms with Crippen LogP contribution in [0.2, 0.25) is 0 Å². The summed E-state index contributed by atoms with van der Waals surface area (Å²) in [5.41, 5.74) is 1.86. The van der Waals surface area contributed by atoms with Crippen LogP contribution in [0.1, 0.15) is 24.1 Å². The number of benzene rings is 2. The fraction of sp³-hybridized carbons (Fsp3) is 0.250. The molecule has 1 N–H and O–H groups in total. The number of likely N-dealkylation sites (N-methyl/N-ethyl adjacent to an activating group) is 1. The average Bonchev–Trinajstić information content (AvgIpc) is 2.45. The molecule has 5 heteroatoms. The molecule has 1 nitrogen and oxygen atoms in total. The minimum Gasteiger partial charge on any atom is -0.310 e. The van der Waals surface area contributed by atoms with Gasteiger partial charge in [-0.1, -0.05) is 19.1 Å². The molecule has 0 aliphatic heterocycles. The second-order valence-corrected chi connectivity index (χ2v) is 6.45. The summed E-state index contributed by atoms with van der Waals surface area (Å²) in [4.78, 5) is 0. The van der Waals surface area contributed by atoms with Crippen molar-refractivity contribution >= 4 is 31.9 Å². The van der Waals surface area contributed by atoms with Gasteiger partial charge in [-0.05, 0) is 80.2 Å². The first-order valence-electron chi connectivity index (χ1n) is 6.63. The van der Waals surface area contributed by atoms with Gasteiger partial charge in [0.25, 0.3) is 0 Å². The van der Waals surface area contributed by atoms with Gasteiger partial charge in [0.2, 0.25) is 0 Å². The molecule has 0 amide bonds. The van der Waals surface area contributed by atoms with E-state index in [1.54, 1.807) is 18.2 Å². The number of rotatable bonds is 5. The third-order valence-corrected chi connectivity index (χ3v) is 4.47. The minimum atomic E-state index is -0.284. The van der Waals surface area contributed by atoms with E-state index < -0.39 is 0 Å². The van der Waals surface area contributed by atoms with Gasteiger partial charge in [0.1, 0.15) is 11.6 Å².